The lowest BCUT2D eigenvalue weighted by molar-refractivity contribution is -0.138. The van der Waals surface area contributed by atoms with Crippen LogP contribution in [0.1, 0.15) is 22.9 Å². The highest BCUT2D eigenvalue weighted by atomic mass is 32.2. The molecule has 0 aliphatic carbocycles. The van der Waals surface area contributed by atoms with E-state index in [1.807, 2.05) is 7.05 Å². The number of likely N-dealkylation sites (N-methyl/N-ethyl adjacent to an activating group) is 1. The van der Waals surface area contributed by atoms with Crippen LogP contribution in [0.2, 0.25) is 0 Å². The van der Waals surface area contributed by atoms with E-state index in [1.54, 1.807) is 9.80 Å². The molecule has 0 radical (unpaired) electrons. The van der Waals surface area contributed by atoms with Crippen molar-refractivity contribution in [2.24, 2.45) is 0 Å². The maximum atomic E-state index is 12.7. The van der Waals surface area contributed by atoms with Crippen molar-refractivity contribution in [3.8, 4) is 0 Å². The number of hydrogen-bond acceptors (Lipinski definition) is 4. The normalized spacial score (nSPS) is 21.8. The fourth-order valence-electron chi connectivity index (χ4n) is 3.24. The fourth-order valence-corrected chi connectivity index (χ4v) is 4.46. The third kappa shape index (κ3) is 4.76. The summed E-state index contributed by atoms with van der Waals surface area (Å²) in [6.45, 7) is 3.31. The molecule has 2 amide bonds. The highest BCUT2D eigenvalue weighted by Crippen LogP contribution is 2.39. The molecule has 0 N–H and O–H groups in total. The molecule has 0 saturated carbocycles. The maximum absolute atomic E-state index is 12.7. The van der Waals surface area contributed by atoms with Crippen molar-refractivity contribution >= 4 is 23.6 Å². The molecule has 0 aromatic heterocycles. The second-order valence-corrected chi connectivity index (χ2v) is 7.87. The topological polar surface area (TPSA) is 43.9 Å². The van der Waals surface area contributed by atoms with Crippen LogP contribution in [0.5, 0.6) is 0 Å². The van der Waals surface area contributed by atoms with E-state index in [9.17, 15) is 22.8 Å². The molecule has 1 aromatic carbocycles. The van der Waals surface area contributed by atoms with Crippen molar-refractivity contribution in [2.75, 3.05) is 45.5 Å². The van der Waals surface area contributed by atoms with Gasteiger partial charge in [-0.15, -0.1) is 11.8 Å². The number of rotatable bonds is 4. The van der Waals surface area contributed by atoms with Gasteiger partial charge in [-0.1, -0.05) is 12.1 Å². The summed E-state index contributed by atoms with van der Waals surface area (Å²) in [7, 11) is 2.01. The molecule has 0 bridgehead atoms. The number of amides is 2. The van der Waals surface area contributed by atoms with Crippen LogP contribution >= 0.6 is 11.8 Å². The first-order chi connectivity index (χ1) is 12.8. The van der Waals surface area contributed by atoms with Crippen molar-refractivity contribution in [2.45, 2.75) is 18.0 Å². The molecule has 0 unspecified atom stereocenters. The number of thioether (sulfide) groups is 1. The summed E-state index contributed by atoms with van der Waals surface area (Å²) in [5, 5.41) is -0.347. The van der Waals surface area contributed by atoms with Gasteiger partial charge in [-0.3, -0.25) is 9.59 Å². The number of benzene rings is 1. The third-order valence-corrected chi connectivity index (χ3v) is 6.17. The average molecular weight is 401 g/mol. The zero-order valence-electron chi connectivity index (χ0n) is 15.0. The molecular formula is C18H22F3N3O2S. The number of hydrogen-bond donors (Lipinski definition) is 0. The first-order valence-corrected chi connectivity index (χ1v) is 9.85. The first kappa shape index (κ1) is 20.0. The summed E-state index contributed by atoms with van der Waals surface area (Å²) in [4.78, 5) is 30.2. The van der Waals surface area contributed by atoms with Gasteiger partial charge in [-0.05, 0) is 24.7 Å². The number of nitrogens with zero attached hydrogens (tertiary/aromatic N) is 3. The summed E-state index contributed by atoms with van der Waals surface area (Å²) in [5.41, 5.74) is -0.0664. The minimum absolute atomic E-state index is 0.0129. The van der Waals surface area contributed by atoms with Crippen LogP contribution in [0.3, 0.4) is 0 Å². The van der Waals surface area contributed by atoms with Crippen LogP contribution in [0.15, 0.2) is 24.3 Å². The Morgan fingerprint density at radius 2 is 1.78 bits per heavy atom. The van der Waals surface area contributed by atoms with Crippen LogP contribution < -0.4 is 0 Å². The van der Waals surface area contributed by atoms with Gasteiger partial charge in [-0.2, -0.15) is 13.2 Å². The van der Waals surface area contributed by atoms with Crippen LogP contribution in [-0.2, 0) is 15.8 Å². The van der Waals surface area contributed by atoms with Crippen molar-refractivity contribution in [1.82, 2.24) is 14.7 Å². The van der Waals surface area contributed by atoms with E-state index in [2.05, 4.69) is 4.90 Å². The number of alkyl halides is 3. The van der Waals surface area contributed by atoms with Crippen LogP contribution in [0.4, 0.5) is 13.2 Å². The molecule has 2 saturated heterocycles. The predicted octanol–water partition coefficient (Wildman–Crippen LogP) is 2.44. The molecular weight excluding hydrogens is 379 g/mol. The summed E-state index contributed by atoms with van der Waals surface area (Å²) in [6.07, 6.45) is -4.15. The van der Waals surface area contributed by atoms with E-state index >= 15 is 0 Å². The van der Waals surface area contributed by atoms with Gasteiger partial charge in [0.1, 0.15) is 5.37 Å². The lowest BCUT2D eigenvalue weighted by Gasteiger charge is -2.33. The van der Waals surface area contributed by atoms with Gasteiger partial charge >= 0.3 is 6.18 Å². The second-order valence-electron chi connectivity index (χ2n) is 6.80. The van der Waals surface area contributed by atoms with Crippen molar-refractivity contribution in [3.05, 3.63) is 35.4 Å². The molecule has 2 fully saturated rings. The number of carbonyl (C=O) groups excluding carboxylic acids is 2. The Kier molecular flexibility index (Phi) is 6.00. The molecule has 27 heavy (non-hydrogen) atoms. The average Bonchev–Trinajstić information content (AvgIpc) is 3.00. The smallest absolute Gasteiger partial charge is 0.340 e. The van der Waals surface area contributed by atoms with E-state index in [0.29, 0.717) is 18.7 Å². The largest absolute Gasteiger partial charge is 0.416 e. The van der Waals surface area contributed by atoms with Crippen LogP contribution in [0, 0.1) is 0 Å². The molecule has 1 atom stereocenters. The molecule has 9 heteroatoms. The SMILES string of the molecule is CN1CCN(C(=O)CCN2C(=O)CS[C@@H]2c2ccc(C(F)(F)F)cc2)CC1. The Balaban J connectivity index is 1.62. The Morgan fingerprint density at radius 1 is 1.15 bits per heavy atom. The Bertz CT molecular complexity index is 688. The highest BCUT2D eigenvalue weighted by Gasteiger charge is 2.35. The lowest BCUT2D eigenvalue weighted by atomic mass is 10.1. The van der Waals surface area contributed by atoms with Gasteiger partial charge < -0.3 is 14.7 Å². The summed E-state index contributed by atoms with van der Waals surface area (Å²) >= 11 is 1.38. The molecule has 5 nitrogen and oxygen atoms in total. The van der Waals surface area contributed by atoms with E-state index < -0.39 is 11.7 Å². The minimum atomic E-state index is -4.38. The second kappa shape index (κ2) is 8.10. The van der Waals surface area contributed by atoms with E-state index in [1.165, 1.54) is 23.9 Å². The highest BCUT2D eigenvalue weighted by molar-refractivity contribution is 8.00. The number of halogens is 3. The third-order valence-electron chi connectivity index (χ3n) is 4.91. The van der Waals surface area contributed by atoms with Crippen LogP contribution in [-0.4, -0.2) is 72.0 Å². The molecule has 148 valence electrons. The molecule has 3 rings (SSSR count). The lowest BCUT2D eigenvalue weighted by Crippen LogP contribution is -2.47. The molecule has 0 spiro atoms. The van der Waals surface area contributed by atoms with Gasteiger partial charge in [0, 0.05) is 39.1 Å². The van der Waals surface area contributed by atoms with Gasteiger partial charge in [0.15, 0.2) is 0 Å². The monoisotopic (exact) mass is 401 g/mol. The molecule has 1 aromatic rings. The van der Waals surface area contributed by atoms with Crippen LogP contribution in [0.25, 0.3) is 0 Å². The molecule has 2 aliphatic rings. The zero-order valence-corrected chi connectivity index (χ0v) is 15.9. The van der Waals surface area contributed by atoms with E-state index in [4.69, 9.17) is 0 Å². The van der Waals surface area contributed by atoms with Crippen molar-refractivity contribution in [3.63, 3.8) is 0 Å². The van der Waals surface area contributed by atoms with Gasteiger partial charge in [0.25, 0.3) is 0 Å². The maximum Gasteiger partial charge on any atom is 0.416 e. The number of carbonyl (C=O) groups is 2. The first-order valence-electron chi connectivity index (χ1n) is 8.80. The Labute approximate surface area is 160 Å². The summed E-state index contributed by atoms with van der Waals surface area (Å²) in [5.74, 6) is 0.198. The standard InChI is InChI=1S/C18H22F3N3O2S/c1-22-8-10-23(11-9-22)15(25)6-7-24-16(26)12-27-17(24)13-2-4-14(5-3-13)18(19,20)21/h2-5,17H,6-12H2,1H3/t17-/m1/s1. The quantitative estimate of drug-likeness (QED) is 0.778. The number of piperazine rings is 1. The summed E-state index contributed by atoms with van der Waals surface area (Å²) in [6, 6.07) is 4.89. The van der Waals surface area contributed by atoms with Gasteiger partial charge in [-0.25, -0.2) is 0 Å². The fraction of sp³-hybridized carbons (Fsp3) is 0.556. The van der Waals surface area contributed by atoms with Gasteiger partial charge in [0.05, 0.1) is 11.3 Å². The Morgan fingerprint density at radius 3 is 2.37 bits per heavy atom. The van der Waals surface area contributed by atoms with E-state index in [0.717, 1.165) is 25.2 Å². The van der Waals surface area contributed by atoms with Gasteiger partial charge in [0.2, 0.25) is 11.8 Å². The molecule has 2 heterocycles. The predicted molar refractivity (Wildman–Crippen MR) is 97.1 cm³/mol. The Hall–Kier alpha value is -1.74. The van der Waals surface area contributed by atoms with Crippen molar-refractivity contribution in [1.29, 1.82) is 0 Å². The molecule has 2 aliphatic heterocycles. The zero-order chi connectivity index (χ0) is 19.6. The summed E-state index contributed by atoms with van der Waals surface area (Å²) < 4.78 is 38.2. The van der Waals surface area contributed by atoms with E-state index in [-0.39, 0.29) is 35.9 Å². The van der Waals surface area contributed by atoms with Crippen molar-refractivity contribution < 1.29 is 22.8 Å². The minimum Gasteiger partial charge on any atom is -0.340 e.